The van der Waals surface area contributed by atoms with Gasteiger partial charge in [-0.15, -0.1) is 0 Å². The molecular formula is C18H34S. The highest BCUT2D eigenvalue weighted by Crippen LogP contribution is 2.32. The predicted octanol–water partition coefficient (Wildman–Crippen LogP) is 6.41. The number of hydrogen-bond acceptors (Lipinski definition) is 1. The van der Waals surface area contributed by atoms with Gasteiger partial charge in [-0.25, -0.2) is 0 Å². The van der Waals surface area contributed by atoms with Gasteiger partial charge in [0.2, 0.25) is 0 Å². The van der Waals surface area contributed by atoms with Crippen LogP contribution in [0.2, 0.25) is 0 Å². The highest BCUT2D eigenvalue weighted by molar-refractivity contribution is 7.79. The van der Waals surface area contributed by atoms with Crippen LogP contribution in [0.1, 0.15) is 84.4 Å². The van der Waals surface area contributed by atoms with E-state index >= 15 is 0 Å². The molecule has 0 spiro atoms. The fourth-order valence-electron chi connectivity index (χ4n) is 2.10. The topological polar surface area (TPSA) is 0 Å². The van der Waals surface area contributed by atoms with Crippen LogP contribution in [-0.4, -0.2) is 6.26 Å². The van der Waals surface area contributed by atoms with Crippen molar-refractivity contribution in [2.75, 3.05) is 6.26 Å². The first kappa shape index (κ1) is 20.9. The summed E-state index contributed by atoms with van der Waals surface area (Å²) in [6, 6.07) is 7.01. The minimum atomic E-state index is 0. The summed E-state index contributed by atoms with van der Waals surface area (Å²) in [5.74, 6) is 1.22. The normalized spacial score (nSPS) is 10.9. The molecule has 0 fully saturated rings. The Kier molecular flexibility index (Phi) is 9.54. The van der Waals surface area contributed by atoms with Gasteiger partial charge < -0.3 is 0 Å². The van der Waals surface area contributed by atoms with Gasteiger partial charge in [-0.2, -0.15) is 12.6 Å². The van der Waals surface area contributed by atoms with Crippen molar-refractivity contribution in [3.05, 3.63) is 34.9 Å². The second-order valence-corrected chi connectivity index (χ2v) is 6.41. The van der Waals surface area contributed by atoms with Crippen molar-refractivity contribution in [1.29, 1.82) is 0 Å². The molecule has 19 heavy (non-hydrogen) atoms. The zero-order valence-corrected chi connectivity index (χ0v) is 14.2. The summed E-state index contributed by atoms with van der Waals surface area (Å²) in [6.07, 6.45) is 1.69. The third-order valence-corrected chi connectivity index (χ3v) is 3.17. The lowest BCUT2D eigenvalue weighted by molar-refractivity contribution is 0.576. The number of rotatable bonds is 2. The molecule has 0 aromatic heterocycles. The smallest absolute Gasteiger partial charge is 0.0129 e. The molecule has 0 heterocycles. The molecule has 0 aliphatic rings. The fourth-order valence-corrected chi connectivity index (χ4v) is 2.10. The molecular weight excluding hydrogens is 248 g/mol. The van der Waals surface area contributed by atoms with Gasteiger partial charge in [0.25, 0.3) is 0 Å². The Morgan fingerprint density at radius 2 is 1.37 bits per heavy atom. The van der Waals surface area contributed by atoms with Crippen LogP contribution in [0.5, 0.6) is 0 Å². The Morgan fingerprint density at radius 3 is 1.68 bits per heavy atom. The Morgan fingerprint density at radius 1 is 0.895 bits per heavy atom. The highest BCUT2D eigenvalue weighted by atomic mass is 32.1. The van der Waals surface area contributed by atoms with E-state index < -0.39 is 0 Å². The van der Waals surface area contributed by atoms with Gasteiger partial charge in [0, 0.05) is 0 Å². The monoisotopic (exact) mass is 282 g/mol. The largest absolute Gasteiger partial charge is 0.183 e. The maximum absolute atomic E-state index is 3.53. The molecule has 0 N–H and O–H groups in total. The summed E-state index contributed by atoms with van der Waals surface area (Å²) >= 11 is 3.53. The van der Waals surface area contributed by atoms with Crippen molar-refractivity contribution in [3.63, 3.8) is 0 Å². The van der Waals surface area contributed by atoms with Gasteiger partial charge in [0.15, 0.2) is 0 Å². The van der Waals surface area contributed by atoms with Crippen molar-refractivity contribution in [3.8, 4) is 0 Å². The van der Waals surface area contributed by atoms with E-state index in [-0.39, 0.29) is 12.8 Å². The minimum Gasteiger partial charge on any atom is -0.183 e. The van der Waals surface area contributed by atoms with Crippen LogP contribution in [0.25, 0.3) is 0 Å². The minimum absolute atomic E-state index is 0. The van der Waals surface area contributed by atoms with Crippen LogP contribution in [0.3, 0.4) is 0 Å². The van der Waals surface area contributed by atoms with E-state index in [2.05, 4.69) is 79.3 Å². The predicted molar refractivity (Wildman–Crippen MR) is 95.0 cm³/mol. The first-order valence-electron chi connectivity index (χ1n) is 6.82. The molecule has 0 unspecified atom stereocenters. The van der Waals surface area contributed by atoms with Crippen LogP contribution in [0.4, 0.5) is 0 Å². The summed E-state index contributed by atoms with van der Waals surface area (Å²) in [4.78, 5) is 0. The van der Waals surface area contributed by atoms with Gasteiger partial charge in [0.1, 0.15) is 0 Å². The Balaban J connectivity index is 0. The molecule has 112 valence electrons. The van der Waals surface area contributed by atoms with Crippen LogP contribution in [0.15, 0.2) is 18.2 Å². The van der Waals surface area contributed by atoms with E-state index in [9.17, 15) is 0 Å². The van der Waals surface area contributed by atoms with Crippen molar-refractivity contribution < 1.29 is 0 Å². The summed E-state index contributed by atoms with van der Waals surface area (Å²) in [7, 11) is 0. The second-order valence-electron chi connectivity index (χ2n) is 6.41. The van der Waals surface area contributed by atoms with Crippen LogP contribution in [-0.2, 0) is 5.41 Å². The molecule has 0 radical (unpaired) electrons. The first-order chi connectivity index (χ1) is 8.23. The zero-order valence-electron chi connectivity index (χ0n) is 13.3. The average Bonchev–Trinajstić information content (AvgIpc) is 2.29. The Labute approximate surface area is 127 Å². The molecule has 1 heteroatoms. The summed E-state index contributed by atoms with van der Waals surface area (Å²) < 4.78 is 0. The van der Waals surface area contributed by atoms with E-state index in [1.807, 2.05) is 0 Å². The third-order valence-electron chi connectivity index (χ3n) is 3.17. The van der Waals surface area contributed by atoms with Crippen LogP contribution < -0.4 is 0 Å². The summed E-state index contributed by atoms with van der Waals surface area (Å²) in [5.41, 5.74) is 4.71. The average molecular weight is 283 g/mol. The Bertz CT molecular complexity index is 356. The summed E-state index contributed by atoms with van der Waals surface area (Å²) in [5, 5.41) is 0. The molecule has 0 amide bonds. The standard InChI is InChI=1S/C16H26.CH4S.CH4/c1-11(2)13-8-9-15(16(5,6)7)14(10-13)12(3)4;1-2;/h8-12H,1-7H3;2H,1H3;1H4. The molecule has 1 aromatic rings. The van der Waals surface area contributed by atoms with E-state index in [1.165, 1.54) is 16.7 Å². The molecule has 0 saturated carbocycles. The molecule has 0 nitrogen and oxygen atoms in total. The molecule has 1 aromatic carbocycles. The molecule has 0 aliphatic carbocycles. The first-order valence-corrected chi connectivity index (χ1v) is 7.72. The molecule has 0 aliphatic heterocycles. The zero-order chi connectivity index (χ0) is 14.5. The van der Waals surface area contributed by atoms with Gasteiger partial charge >= 0.3 is 0 Å². The van der Waals surface area contributed by atoms with Crippen molar-refractivity contribution in [1.82, 2.24) is 0 Å². The quantitative estimate of drug-likeness (QED) is 0.595. The fraction of sp³-hybridized carbons (Fsp3) is 0.667. The number of benzene rings is 1. The van der Waals surface area contributed by atoms with E-state index in [0.717, 1.165) is 0 Å². The lowest BCUT2D eigenvalue weighted by Crippen LogP contribution is -2.15. The lowest BCUT2D eigenvalue weighted by atomic mass is 9.79. The second kappa shape index (κ2) is 8.68. The third kappa shape index (κ3) is 6.03. The molecule has 1 rings (SSSR count). The Hall–Kier alpha value is -0.430. The van der Waals surface area contributed by atoms with E-state index in [4.69, 9.17) is 0 Å². The van der Waals surface area contributed by atoms with E-state index in [1.54, 1.807) is 6.26 Å². The van der Waals surface area contributed by atoms with Gasteiger partial charge in [-0.05, 0) is 40.2 Å². The van der Waals surface area contributed by atoms with Crippen molar-refractivity contribution in [2.24, 2.45) is 0 Å². The maximum atomic E-state index is 3.53. The molecule has 0 bridgehead atoms. The van der Waals surface area contributed by atoms with Gasteiger partial charge in [-0.3, -0.25) is 0 Å². The molecule has 0 atom stereocenters. The van der Waals surface area contributed by atoms with Gasteiger partial charge in [0.05, 0.1) is 0 Å². The van der Waals surface area contributed by atoms with E-state index in [0.29, 0.717) is 11.8 Å². The van der Waals surface area contributed by atoms with Crippen molar-refractivity contribution in [2.45, 2.75) is 73.1 Å². The molecule has 0 saturated heterocycles. The van der Waals surface area contributed by atoms with Gasteiger partial charge in [-0.1, -0.05) is 74.1 Å². The SMILES string of the molecule is C.CC(C)c1ccc(C(C)(C)C)c(C(C)C)c1.CS. The van der Waals surface area contributed by atoms with Crippen LogP contribution in [0, 0.1) is 0 Å². The number of thiol groups is 1. The highest BCUT2D eigenvalue weighted by Gasteiger charge is 2.19. The summed E-state index contributed by atoms with van der Waals surface area (Å²) in [6.45, 7) is 16.0. The van der Waals surface area contributed by atoms with Crippen molar-refractivity contribution >= 4 is 12.6 Å². The lowest BCUT2D eigenvalue weighted by Gasteiger charge is -2.26. The van der Waals surface area contributed by atoms with Crippen LogP contribution >= 0.6 is 12.6 Å². The number of hydrogen-bond donors (Lipinski definition) is 1. The maximum Gasteiger partial charge on any atom is -0.0129 e.